The molecule has 0 amide bonds. The summed E-state index contributed by atoms with van der Waals surface area (Å²) in [5.74, 6) is 0.883. The highest BCUT2D eigenvalue weighted by Gasteiger charge is 2.61. The Balaban J connectivity index is 2.04. The van der Waals surface area contributed by atoms with E-state index in [1.807, 2.05) is 0 Å². The van der Waals surface area contributed by atoms with Gasteiger partial charge in [-0.1, -0.05) is 20.8 Å². The molecule has 2 rings (SSSR count). The summed E-state index contributed by atoms with van der Waals surface area (Å²) in [4.78, 5) is 0. The Morgan fingerprint density at radius 3 is 2.44 bits per heavy atom. The van der Waals surface area contributed by atoms with Gasteiger partial charge in [0, 0.05) is 17.3 Å². The highest BCUT2D eigenvalue weighted by Crippen LogP contribution is 2.65. The first-order valence-electron chi connectivity index (χ1n) is 7.26. The van der Waals surface area contributed by atoms with Crippen molar-refractivity contribution in [2.45, 2.75) is 64.3 Å². The van der Waals surface area contributed by atoms with Gasteiger partial charge in [0.15, 0.2) is 0 Å². The predicted molar refractivity (Wildman–Crippen MR) is 80.0 cm³/mol. The maximum atomic E-state index is 9.41. The first-order valence-corrected chi connectivity index (χ1v) is 8.55. The van der Waals surface area contributed by atoms with Crippen LogP contribution in [0.4, 0.5) is 0 Å². The van der Waals surface area contributed by atoms with E-state index < -0.39 is 0 Å². The van der Waals surface area contributed by atoms with Gasteiger partial charge in [-0.05, 0) is 49.2 Å². The monoisotopic (exact) mass is 271 g/mol. The highest BCUT2D eigenvalue weighted by molar-refractivity contribution is 7.99. The molecule has 0 spiro atoms. The van der Waals surface area contributed by atoms with Gasteiger partial charge in [0.2, 0.25) is 0 Å². The fraction of sp³-hybridized carbons (Fsp3) is 1.00. The molecule has 0 aromatic heterocycles. The Hall–Kier alpha value is 0.270. The van der Waals surface area contributed by atoms with Crippen molar-refractivity contribution in [3.05, 3.63) is 0 Å². The third-order valence-corrected chi connectivity index (χ3v) is 7.46. The van der Waals surface area contributed by atoms with Gasteiger partial charge in [0.05, 0.1) is 6.61 Å². The Morgan fingerprint density at radius 1 is 1.39 bits per heavy atom. The predicted octanol–water partition coefficient (Wildman–Crippen LogP) is 2.90. The Labute approximate surface area is 116 Å². The summed E-state index contributed by atoms with van der Waals surface area (Å²) in [6.45, 7) is 9.87. The molecule has 18 heavy (non-hydrogen) atoms. The maximum Gasteiger partial charge on any atom is 0.0564 e. The standard InChI is InChI=1S/C15H29NOS/c1-10(12(9-17)18-5)16-13-8-11-6-7-15(13,4)14(11,2)3/h10-13,16-17H,6-9H2,1-5H3. The summed E-state index contributed by atoms with van der Waals surface area (Å²) in [6, 6.07) is 1.02. The molecule has 0 aliphatic heterocycles. The van der Waals surface area contributed by atoms with Crippen LogP contribution in [0.2, 0.25) is 0 Å². The molecule has 5 atom stereocenters. The second kappa shape index (κ2) is 4.99. The molecule has 2 fully saturated rings. The second-order valence-corrected chi connectivity index (χ2v) is 8.15. The van der Waals surface area contributed by atoms with Gasteiger partial charge in [-0.25, -0.2) is 0 Å². The molecule has 0 aromatic rings. The highest BCUT2D eigenvalue weighted by atomic mass is 32.2. The molecule has 2 aliphatic rings. The summed E-state index contributed by atoms with van der Waals surface area (Å²) in [5, 5.41) is 13.6. The molecule has 2 aliphatic carbocycles. The number of thioether (sulfide) groups is 1. The topological polar surface area (TPSA) is 32.3 Å². The molecule has 0 saturated heterocycles. The Bertz CT molecular complexity index is 303. The van der Waals surface area contributed by atoms with Gasteiger partial charge in [0.1, 0.15) is 0 Å². The number of aliphatic hydroxyl groups is 1. The SMILES string of the molecule is CSC(CO)C(C)NC1CC2CCC1(C)C2(C)C. The van der Waals surface area contributed by atoms with Crippen molar-refractivity contribution in [1.82, 2.24) is 5.32 Å². The van der Waals surface area contributed by atoms with Gasteiger partial charge in [0.25, 0.3) is 0 Å². The number of hydrogen-bond acceptors (Lipinski definition) is 3. The smallest absolute Gasteiger partial charge is 0.0564 e. The van der Waals surface area contributed by atoms with E-state index in [4.69, 9.17) is 0 Å². The van der Waals surface area contributed by atoms with Crippen molar-refractivity contribution in [3.63, 3.8) is 0 Å². The minimum atomic E-state index is 0.269. The molecular formula is C15H29NOS. The van der Waals surface area contributed by atoms with Crippen LogP contribution < -0.4 is 5.32 Å². The van der Waals surface area contributed by atoms with Crippen molar-refractivity contribution >= 4 is 11.8 Å². The molecule has 5 unspecified atom stereocenters. The van der Waals surface area contributed by atoms with Gasteiger partial charge in [-0.3, -0.25) is 0 Å². The average molecular weight is 271 g/mol. The number of aliphatic hydroxyl groups excluding tert-OH is 1. The summed E-state index contributed by atoms with van der Waals surface area (Å²) in [6.07, 6.45) is 6.17. The van der Waals surface area contributed by atoms with E-state index in [1.54, 1.807) is 11.8 Å². The Kier molecular flexibility index (Phi) is 4.07. The van der Waals surface area contributed by atoms with E-state index in [0.717, 1.165) is 5.92 Å². The molecule has 0 aromatic carbocycles. The normalized spacial score (nSPS) is 41.0. The van der Waals surface area contributed by atoms with Gasteiger partial charge < -0.3 is 10.4 Å². The number of fused-ring (bicyclic) bond motifs is 2. The molecule has 2 N–H and O–H groups in total. The zero-order chi connectivity index (χ0) is 13.6. The molecule has 2 nitrogen and oxygen atoms in total. The van der Waals surface area contributed by atoms with E-state index in [-0.39, 0.29) is 6.61 Å². The number of hydrogen-bond donors (Lipinski definition) is 2. The van der Waals surface area contributed by atoms with Crippen LogP contribution in [0.1, 0.15) is 47.0 Å². The maximum absolute atomic E-state index is 9.41. The molecular weight excluding hydrogens is 242 g/mol. The molecule has 2 saturated carbocycles. The third-order valence-electron chi connectivity index (χ3n) is 6.30. The number of nitrogens with one attached hydrogen (secondary N) is 1. The van der Waals surface area contributed by atoms with Crippen LogP contribution in [0.15, 0.2) is 0 Å². The molecule has 3 heteroatoms. The van der Waals surface area contributed by atoms with Crippen LogP contribution in [0.25, 0.3) is 0 Å². The lowest BCUT2D eigenvalue weighted by Gasteiger charge is -2.41. The van der Waals surface area contributed by atoms with Crippen LogP contribution in [0, 0.1) is 16.7 Å². The van der Waals surface area contributed by atoms with Gasteiger partial charge >= 0.3 is 0 Å². The van der Waals surface area contributed by atoms with Crippen molar-refractivity contribution in [2.24, 2.45) is 16.7 Å². The van der Waals surface area contributed by atoms with Crippen molar-refractivity contribution in [1.29, 1.82) is 0 Å². The molecule has 2 bridgehead atoms. The van der Waals surface area contributed by atoms with Crippen LogP contribution >= 0.6 is 11.8 Å². The van der Waals surface area contributed by atoms with Crippen LogP contribution in [0.5, 0.6) is 0 Å². The summed E-state index contributed by atoms with van der Waals surface area (Å²) in [7, 11) is 0. The lowest BCUT2D eigenvalue weighted by molar-refractivity contribution is 0.114. The lowest BCUT2D eigenvalue weighted by Crippen LogP contribution is -2.51. The van der Waals surface area contributed by atoms with Crippen LogP contribution in [-0.2, 0) is 0 Å². The van der Waals surface area contributed by atoms with Crippen molar-refractivity contribution < 1.29 is 5.11 Å². The zero-order valence-corrected chi connectivity index (χ0v) is 13.3. The van der Waals surface area contributed by atoms with Gasteiger partial charge in [-0.15, -0.1) is 0 Å². The average Bonchev–Trinajstić information content (AvgIpc) is 2.63. The summed E-state index contributed by atoms with van der Waals surface area (Å²) in [5.41, 5.74) is 0.906. The minimum absolute atomic E-state index is 0.269. The zero-order valence-electron chi connectivity index (χ0n) is 12.5. The largest absolute Gasteiger partial charge is 0.395 e. The van der Waals surface area contributed by atoms with Crippen LogP contribution in [-0.4, -0.2) is 35.3 Å². The van der Waals surface area contributed by atoms with Crippen molar-refractivity contribution in [3.8, 4) is 0 Å². The van der Waals surface area contributed by atoms with Crippen LogP contribution in [0.3, 0.4) is 0 Å². The first kappa shape index (κ1) is 14.7. The fourth-order valence-corrected chi connectivity index (χ4v) is 4.95. The number of rotatable bonds is 5. The summed E-state index contributed by atoms with van der Waals surface area (Å²) < 4.78 is 0. The van der Waals surface area contributed by atoms with E-state index in [2.05, 4.69) is 39.3 Å². The summed E-state index contributed by atoms with van der Waals surface area (Å²) >= 11 is 1.77. The van der Waals surface area contributed by atoms with E-state index in [9.17, 15) is 5.11 Å². The van der Waals surface area contributed by atoms with Gasteiger partial charge in [-0.2, -0.15) is 11.8 Å². The third kappa shape index (κ3) is 2.03. The molecule has 106 valence electrons. The Morgan fingerprint density at radius 2 is 2.06 bits per heavy atom. The quantitative estimate of drug-likeness (QED) is 0.806. The van der Waals surface area contributed by atoms with E-state index in [1.165, 1.54) is 19.3 Å². The lowest BCUT2D eigenvalue weighted by atomic mass is 9.69. The second-order valence-electron chi connectivity index (χ2n) is 7.08. The fourth-order valence-electron chi connectivity index (χ4n) is 4.32. The molecule has 0 radical (unpaired) electrons. The first-order chi connectivity index (χ1) is 8.36. The molecule has 0 heterocycles. The van der Waals surface area contributed by atoms with E-state index in [0.29, 0.717) is 28.2 Å². The van der Waals surface area contributed by atoms with Crippen molar-refractivity contribution in [2.75, 3.05) is 12.9 Å². The minimum Gasteiger partial charge on any atom is -0.395 e. The van der Waals surface area contributed by atoms with E-state index >= 15 is 0 Å².